The minimum absolute atomic E-state index is 0.0615. The van der Waals surface area contributed by atoms with Crippen molar-refractivity contribution >= 4 is 5.91 Å². The van der Waals surface area contributed by atoms with E-state index < -0.39 is 0 Å². The van der Waals surface area contributed by atoms with Crippen molar-refractivity contribution in [2.45, 2.75) is 32.7 Å². The predicted molar refractivity (Wildman–Crippen MR) is 67.2 cm³/mol. The Morgan fingerprint density at radius 1 is 1.59 bits per heavy atom. The zero-order valence-electron chi connectivity index (χ0n) is 10.9. The predicted octanol–water partition coefficient (Wildman–Crippen LogP) is 1.30. The van der Waals surface area contributed by atoms with Crippen molar-refractivity contribution in [2.75, 3.05) is 19.6 Å². The summed E-state index contributed by atoms with van der Waals surface area (Å²) < 4.78 is 0. The van der Waals surface area contributed by atoms with E-state index in [2.05, 4.69) is 16.3 Å². The highest BCUT2D eigenvalue weighted by Crippen LogP contribution is 2.14. The van der Waals surface area contributed by atoms with Crippen molar-refractivity contribution in [1.82, 2.24) is 10.2 Å². The van der Waals surface area contributed by atoms with E-state index in [0.29, 0.717) is 0 Å². The quantitative estimate of drug-likeness (QED) is 0.750. The van der Waals surface area contributed by atoms with E-state index in [0.717, 1.165) is 26.1 Å². The highest BCUT2D eigenvalue weighted by Gasteiger charge is 2.20. The van der Waals surface area contributed by atoms with Gasteiger partial charge in [0.05, 0.1) is 12.0 Å². The van der Waals surface area contributed by atoms with E-state index in [4.69, 9.17) is 5.26 Å². The van der Waals surface area contributed by atoms with E-state index >= 15 is 0 Å². The molecule has 1 saturated heterocycles. The molecule has 0 saturated carbocycles. The second-order valence-corrected chi connectivity index (χ2v) is 5.52. The normalized spacial score (nSPS) is 21.6. The molecule has 1 heterocycles. The average Bonchev–Trinajstić information content (AvgIpc) is 2.63. The molecule has 0 aromatic carbocycles. The Morgan fingerprint density at radius 2 is 2.29 bits per heavy atom. The number of nitrogens with one attached hydrogen (secondary N) is 1. The Kier molecular flexibility index (Phi) is 4.71. The van der Waals surface area contributed by atoms with Crippen LogP contribution >= 0.6 is 0 Å². The molecule has 1 unspecified atom stereocenters. The SMILES string of the molecule is CC(C)(C)NC(=O)/C=C/CN1CCC(C#N)C1. The molecule has 0 spiro atoms. The van der Waals surface area contributed by atoms with Gasteiger partial charge in [0, 0.05) is 24.7 Å². The first-order chi connectivity index (χ1) is 7.90. The first-order valence-electron chi connectivity index (χ1n) is 6.01. The largest absolute Gasteiger partial charge is 0.348 e. The Bertz CT molecular complexity index is 336. The number of nitrogens with zero attached hydrogens (tertiary/aromatic N) is 2. The van der Waals surface area contributed by atoms with E-state index in [1.165, 1.54) is 0 Å². The summed E-state index contributed by atoms with van der Waals surface area (Å²) in [6.45, 7) is 8.38. The number of carbonyl (C=O) groups excluding carboxylic acids is 1. The number of likely N-dealkylation sites (tertiary alicyclic amines) is 1. The highest BCUT2D eigenvalue weighted by molar-refractivity contribution is 5.87. The van der Waals surface area contributed by atoms with Gasteiger partial charge in [0.1, 0.15) is 0 Å². The van der Waals surface area contributed by atoms with Crippen LogP contribution in [0.25, 0.3) is 0 Å². The van der Waals surface area contributed by atoms with Gasteiger partial charge in [-0.05, 0) is 33.7 Å². The van der Waals surface area contributed by atoms with Crippen LogP contribution in [-0.4, -0.2) is 36.0 Å². The second-order valence-electron chi connectivity index (χ2n) is 5.52. The summed E-state index contributed by atoms with van der Waals surface area (Å²) in [6, 6.07) is 2.28. The van der Waals surface area contributed by atoms with Gasteiger partial charge in [0.2, 0.25) is 5.91 Å². The van der Waals surface area contributed by atoms with Crippen LogP contribution in [0.1, 0.15) is 27.2 Å². The van der Waals surface area contributed by atoms with Crippen LogP contribution in [0.4, 0.5) is 0 Å². The maximum atomic E-state index is 11.5. The summed E-state index contributed by atoms with van der Waals surface area (Å²) >= 11 is 0. The highest BCUT2D eigenvalue weighted by atomic mass is 16.1. The van der Waals surface area contributed by atoms with E-state index in [1.54, 1.807) is 6.08 Å². The molecule has 0 radical (unpaired) electrons. The average molecular weight is 235 g/mol. The summed E-state index contributed by atoms with van der Waals surface area (Å²) in [4.78, 5) is 13.7. The van der Waals surface area contributed by atoms with E-state index in [-0.39, 0.29) is 17.4 Å². The molecule has 0 aromatic rings. The summed E-state index contributed by atoms with van der Waals surface area (Å²) in [5.41, 5.74) is -0.193. The number of rotatable bonds is 3. The molecule has 1 aliphatic rings. The monoisotopic (exact) mass is 235 g/mol. The molecule has 94 valence electrons. The molecular weight excluding hydrogens is 214 g/mol. The fourth-order valence-electron chi connectivity index (χ4n) is 1.82. The Balaban J connectivity index is 2.27. The van der Waals surface area contributed by atoms with E-state index in [9.17, 15) is 4.79 Å². The third kappa shape index (κ3) is 5.50. The minimum Gasteiger partial charge on any atom is -0.348 e. The summed E-state index contributed by atoms with van der Waals surface area (Å²) in [7, 11) is 0. The van der Waals surface area contributed by atoms with Crippen molar-refractivity contribution in [1.29, 1.82) is 5.26 Å². The van der Waals surface area contributed by atoms with Crippen molar-refractivity contribution in [3.8, 4) is 6.07 Å². The number of nitriles is 1. The third-order valence-corrected chi connectivity index (χ3v) is 2.59. The number of hydrogen-bond acceptors (Lipinski definition) is 3. The third-order valence-electron chi connectivity index (χ3n) is 2.59. The Labute approximate surface area is 103 Å². The molecule has 4 heteroatoms. The molecular formula is C13H21N3O. The van der Waals surface area contributed by atoms with Crippen LogP contribution in [0.5, 0.6) is 0 Å². The second kappa shape index (κ2) is 5.83. The van der Waals surface area contributed by atoms with Gasteiger partial charge < -0.3 is 5.32 Å². The lowest BCUT2D eigenvalue weighted by atomic mass is 10.1. The van der Waals surface area contributed by atoms with Crippen LogP contribution in [-0.2, 0) is 4.79 Å². The maximum Gasteiger partial charge on any atom is 0.244 e. The zero-order valence-corrected chi connectivity index (χ0v) is 10.9. The molecule has 17 heavy (non-hydrogen) atoms. The molecule has 1 rings (SSSR count). The molecule has 0 aromatic heterocycles. The molecule has 1 N–H and O–H groups in total. The summed E-state index contributed by atoms with van der Waals surface area (Å²) in [5.74, 6) is 0.0975. The van der Waals surface area contributed by atoms with Crippen LogP contribution in [0.3, 0.4) is 0 Å². The van der Waals surface area contributed by atoms with Gasteiger partial charge >= 0.3 is 0 Å². The van der Waals surface area contributed by atoms with Gasteiger partial charge in [-0.3, -0.25) is 9.69 Å². The van der Waals surface area contributed by atoms with Gasteiger partial charge in [-0.1, -0.05) is 6.08 Å². The van der Waals surface area contributed by atoms with E-state index in [1.807, 2.05) is 26.8 Å². The van der Waals surface area contributed by atoms with Gasteiger partial charge in [-0.2, -0.15) is 5.26 Å². The lowest BCUT2D eigenvalue weighted by Gasteiger charge is -2.19. The molecule has 1 aliphatic heterocycles. The standard InChI is InChI=1S/C13H21N3O/c1-13(2,3)15-12(17)5-4-7-16-8-6-11(9-14)10-16/h4-5,11H,6-8,10H2,1-3H3,(H,15,17)/b5-4+. The van der Waals surface area contributed by atoms with Crippen molar-refractivity contribution < 1.29 is 4.79 Å². The first-order valence-corrected chi connectivity index (χ1v) is 6.01. The Morgan fingerprint density at radius 3 is 2.82 bits per heavy atom. The molecule has 1 amide bonds. The fraction of sp³-hybridized carbons (Fsp3) is 0.692. The molecule has 0 bridgehead atoms. The molecule has 1 atom stereocenters. The topological polar surface area (TPSA) is 56.1 Å². The lowest BCUT2D eigenvalue weighted by Crippen LogP contribution is -2.39. The van der Waals surface area contributed by atoms with Gasteiger partial charge in [-0.15, -0.1) is 0 Å². The maximum absolute atomic E-state index is 11.5. The summed E-state index contributed by atoms with van der Waals surface area (Å²) in [5, 5.41) is 11.6. The van der Waals surface area contributed by atoms with Crippen molar-refractivity contribution in [2.24, 2.45) is 5.92 Å². The summed E-state index contributed by atoms with van der Waals surface area (Å²) in [6.07, 6.45) is 4.38. The van der Waals surface area contributed by atoms with Crippen molar-refractivity contribution in [3.05, 3.63) is 12.2 Å². The molecule has 0 aliphatic carbocycles. The smallest absolute Gasteiger partial charge is 0.244 e. The lowest BCUT2D eigenvalue weighted by molar-refractivity contribution is -0.117. The number of hydrogen-bond donors (Lipinski definition) is 1. The molecule has 4 nitrogen and oxygen atoms in total. The zero-order chi connectivity index (χ0) is 12.9. The van der Waals surface area contributed by atoms with Gasteiger partial charge in [-0.25, -0.2) is 0 Å². The van der Waals surface area contributed by atoms with Crippen LogP contribution in [0, 0.1) is 17.2 Å². The van der Waals surface area contributed by atoms with Crippen LogP contribution in [0.2, 0.25) is 0 Å². The molecule has 1 fully saturated rings. The first kappa shape index (κ1) is 13.7. The van der Waals surface area contributed by atoms with Crippen LogP contribution in [0.15, 0.2) is 12.2 Å². The van der Waals surface area contributed by atoms with Gasteiger partial charge in [0.25, 0.3) is 0 Å². The number of carbonyl (C=O) groups is 1. The number of amides is 1. The Hall–Kier alpha value is -1.34. The fourth-order valence-corrected chi connectivity index (χ4v) is 1.82. The van der Waals surface area contributed by atoms with Crippen molar-refractivity contribution in [3.63, 3.8) is 0 Å². The van der Waals surface area contributed by atoms with Gasteiger partial charge in [0.15, 0.2) is 0 Å². The van der Waals surface area contributed by atoms with Crippen LogP contribution < -0.4 is 5.32 Å². The minimum atomic E-state index is -0.193.